The maximum atomic E-state index is 6.14. The largest absolute Gasteiger partial charge is 0.326 e. The van der Waals surface area contributed by atoms with Crippen molar-refractivity contribution >= 4 is 22.9 Å². The smallest absolute Gasteiger partial charge is 0.0931 e. The van der Waals surface area contributed by atoms with Crippen molar-refractivity contribution in [2.24, 2.45) is 11.5 Å². The molecule has 0 aliphatic carbocycles. The molecule has 1 aromatic carbocycles. The molecule has 84 valence electrons. The molecule has 1 aromatic heterocycles. The second-order valence-corrected chi connectivity index (χ2v) is 5.31. The number of halogens is 1. The van der Waals surface area contributed by atoms with Crippen LogP contribution in [0.15, 0.2) is 36.4 Å². The summed E-state index contributed by atoms with van der Waals surface area (Å²) in [5.41, 5.74) is 13.9. The van der Waals surface area contributed by atoms with E-state index in [9.17, 15) is 0 Å². The van der Waals surface area contributed by atoms with Gasteiger partial charge in [0.05, 0.1) is 10.4 Å². The Labute approximate surface area is 104 Å². The summed E-state index contributed by atoms with van der Waals surface area (Å²) in [4.78, 5) is 1.07. The van der Waals surface area contributed by atoms with Crippen molar-refractivity contribution in [1.29, 1.82) is 0 Å². The summed E-state index contributed by atoms with van der Waals surface area (Å²) < 4.78 is 0.768. The highest BCUT2D eigenvalue weighted by Gasteiger charge is 2.10. The van der Waals surface area contributed by atoms with Crippen LogP contribution in [-0.2, 0) is 6.54 Å². The Morgan fingerprint density at radius 2 is 1.81 bits per heavy atom. The molecular formula is C12H13ClN2S. The van der Waals surface area contributed by atoms with Crippen molar-refractivity contribution in [2.45, 2.75) is 12.6 Å². The van der Waals surface area contributed by atoms with Crippen molar-refractivity contribution < 1.29 is 0 Å². The van der Waals surface area contributed by atoms with E-state index in [0.29, 0.717) is 6.54 Å². The Morgan fingerprint density at radius 3 is 2.31 bits per heavy atom. The van der Waals surface area contributed by atoms with E-state index in [2.05, 4.69) is 0 Å². The molecule has 4 N–H and O–H groups in total. The molecule has 0 aliphatic heterocycles. The third kappa shape index (κ3) is 2.44. The van der Waals surface area contributed by atoms with Crippen LogP contribution < -0.4 is 11.5 Å². The summed E-state index contributed by atoms with van der Waals surface area (Å²) in [6, 6.07) is 11.8. The first-order chi connectivity index (χ1) is 7.70. The third-order valence-electron chi connectivity index (χ3n) is 2.48. The van der Waals surface area contributed by atoms with Gasteiger partial charge in [0.1, 0.15) is 0 Å². The molecule has 0 bridgehead atoms. The van der Waals surface area contributed by atoms with Crippen molar-refractivity contribution in [3.63, 3.8) is 0 Å². The van der Waals surface area contributed by atoms with Gasteiger partial charge in [-0.25, -0.2) is 0 Å². The summed E-state index contributed by atoms with van der Waals surface area (Å²) in [6.45, 7) is 0.556. The van der Waals surface area contributed by atoms with Crippen molar-refractivity contribution in [1.82, 2.24) is 0 Å². The minimum Gasteiger partial charge on any atom is -0.326 e. The van der Waals surface area contributed by atoms with Crippen LogP contribution in [0, 0.1) is 0 Å². The first-order valence-corrected chi connectivity index (χ1v) is 6.20. The highest BCUT2D eigenvalue weighted by atomic mass is 35.5. The minimum atomic E-state index is -0.107. The Hall–Kier alpha value is -0.870. The number of hydrogen-bond acceptors (Lipinski definition) is 3. The fraction of sp³-hybridized carbons (Fsp3) is 0.167. The van der Waals surface area contributed by atoms with Crippen LogP contribution in [-0.4, -0.2) is 0 Å². The summed E-state index contributed by atoms with van der Waals surface area (Å²) in [6.07, 6.45) is 0. The molecule has 16 heavy (non-hydrogen) atoms. The molecule has 0 amide bonds. The number of nitrogens with two attached hydrogens (primary N) is 2. The standard InChI is InChI=1S/C12H13ClN2S/c13-11-6-5-10(16-11)12(15)9-3-1-8(7-14)2-4-9/h1-6,12H,7,14-15H2. The maximum absolute atomic E-state index is 6.14. The lowest BCUT2D eigenvalue weighted by molar-refractivity contribution is 0.890. The zero-order valence-electron chi connectivity index (χ0n) is 8.69. The lowest BCUT2D eigenvalue weighted by Gasteiger charge is -2.10. The second-order valence-electron chi connectivity index (χ2n) is 3.57. The van der Waals surface area contributed by atoms with Gasteiger partial charge < -0.3 is 11.5 Å². The molecule has 2 rings (SSSR count). The van der Waals surface area contributed by atoms with Gasteiger partial charge in [-0.1, -0.05) is 35.9 Å². The van der Waals surface area contributed by atoms with Gasteiger partial charge in [0.2, 0.25) is 0 Å². The first kappa shape index (κ1) is 11.6. The number of rotatable bonds is 3. The molecular weight excluding hydrogens is 240 g/mol. The van der Waals surface area contributed by atoms with E-state index in [0.717, 1.165) is 20.3 Å². The van der Waals surface area contributed by atoms with Crippen molar-refractivity contribution in [3.8, 4) is 0 Å². The van der Waals surface area contributed by atoms with Gasteiger partial charge in [-0.2, -0.15) is 0 Å². The SMILES string of the molecule is NCc1ccc(C(N)c2ccc(Cl)s2)cc1. The van der Waals surface area contributed by atoms with Gasteiger partial charge in [0.15, 0.2) is 0 Å². The van der Waals surface area contributed by atoms with Gasteiger partial charge >= 0.3 is 0 Å². The summed E-state index contributed by atoms with van der Waals surface area (Å²) in [5, 5.41) is 0. The van der Waals surface area contributed by atoms with Crippen LogP contribution in [0.25, 0.3) is 0 Å². The molecule has 2 nitrogen and oxygen atoms in total. The molecule has 1 atom stereocenters. The fourth-order valence-electron chi connectivity index (χ4n) is 1.52. The average molecular weight is 253 g/mol. The molecule has 0 spiro atoms. The van der Waals surface area contributed by atoms with Crippen LogP contribution >= 0.6 is 22.9 Å². The molecule has 0 aliphatic rings. The van der Waals surface area contributed by atoms with E-state index in [4.69, 9.17) is 23.1 Å². The summed E-state index contributed by atoms with van der Waals surface area (Å²) in [5.74, 6) is 0. The van der Waals surface area contributed by atoms with Gasteiger partial charge in [-0.15, -0.1) is 11.3 Å². The second kappa shape index (κ2) is 4.97. The van der Waals surface area contributed by atoms with Crippen LogP contribution in [0.5, 0.6) is 0 Å². The molecule has 0 saturated carbocycles. The number of thiophene rings is 1. The normalized spacial score (nSPS) is 12.7. The van der Waals surface area contributed by atoms with Crippen LogP contribution in [0.3, 0.4) is 0 Å². The van der Waals surface area contributed by atoms with Crippen molar-refractivity contribution in [2.75, 3.05) is 0 Å². The average Bonchev–Trinajstić information content (AvgIpc) is 2.75. The Kier molecular flexibility index (Phi) is 3.61. The Bertz CT molecular complexity index is 464. The monoisotopic (exact) mass is 252 g/mol. The minimum absolute atomic E-state index is 0.107. The molecule has 2 aromatic rings. The zero-order chi connectivity index (χ0) is 11.5. The fourth-order valence-corrected chi connectivity index (χ4v) is 2.61. The van der Waals surface area contributed by atoms with Crippen LogP contribution in [0.4, 0.5) is 0 Å². The van der Waals surface area contributed by atoms with Gasteiger partial charge in [0, 0.05) is 11.4 Å². The lowest BCUT2D eigenvalue weighted by atomic mass is 10.0. The van der Waals surface area contributed by atoms with E-state index in [1.807, 2.05) is 36.4 Å². The van der Waals surface area contributed by atoms with Gasteiger partial charge in [-0.05, 0) is 23.3 Å². The highest BCUT2D eigenvalue weighted by molar-refractivity contribution is 7.16. The number of hydrogen-bond donors (Lipinski definition) is 2. The van der Waals surface area contributed by atoms with Crippen LogP contribution in [0.1, 0.15) is 22.0 Å². The van der Waals surface area contributed by atoms with E-state index in [-0.39, 0.29) is 6.04 Å². The quantitative estimate of drug-likeness (QED) is 0.883. The summed E-state index contributed by atoms with van der Waals surface area (Å²) >= 11 is 7.40. The van der Waals surface area contributed by atoms with E-state index in [1.165, 1.54) is 11.3 Å². The maximum Gasteiger partial charge on any atom is 0.0931 e. The van der Waals surface area contributed by atoms with E-state index >= 15 is 0 Å². The molecule has 1 heterocycles. The molecule has 0 fully saturated rings. The van der Waals surface area contributed by atoms with Gasteiger partial charge in [0.25, 0.3) is 0 Å². The summed E-state index contributed by atoms with van der Waals surface area (Å²) in [7, 11) is 0. The predicted octanol–water partition coefficient (Wildman–Crippen LogP) is 2.91. The molecule has 4 heteroatoms. The topological polar surface area (TPSA) is 52.0 Å². The third-order valence-corrected chi connectivity index (χ3v) is 3.79. The van der Waals surface area contributed by atoms with E-state index in [1.54, 1.807) is 0 Å². The Morgan fingerprint density at radius 1 is 1.12 bits per heavy atom. The molecule has 0 radical (unpaired) electrons. The lowest BCUT2D eigenvalue weighted by Crippen LogP contribution is -2.10. The van der Waals surface area contributed by atoms with Crippen LogP contribution in [0.2, 0.25) is 4.34 Å². The molecule has 0 saturated heterocycles. The number of benzene rings is 1. The Balaban J connectivity index is 2.23. The predicted molar refractivity (Wildman–Crippen MR) is 69.7 cm³/mol. The van der Waals surface area contributed by atoms with Crippen molar-refractivity contribution in [3.05, 3.63) is 56.7 Å². The first-order valence-electron chi connectivity index (χ1n) is 5.00. The highest BCUT2D eigenvalue weighted by Crippen LogP contribution is 2.29. The zero-order valence-corrected chi connectivity index (χ0v) is 10.3. The molecule has 1 unspecified atom stereocenters. The van der Waals surface area contributed by atoms with Gasteiger partial charge in [-0.3, -0.25) is 0 Å². The van der Waals surface area contributed by atoms with E-state index < -0.39 is 0 Å².